The first-order valence-electron chi connectivity index (χ1n) is 8.56. The van der Waals surface area contributed by atoms with Crippen LogP contribution in [0.2, 0.25) is 5.02 Å². The molecule has 0 saturated carbocycles. The molecule has 3 rings (SSSR count). The van der Waals surface area contributed by atoms with Crippen molar-refractivity contribution in [2.75, 3.05) is 6.79 Å². The number of halogens is 1. The maximum atomic E-state index is 11.3. The molecule has 2 heterocycles. The summed E-state index contributed by atoms with van der Waals surface area (Å²) in [6.45, 7) is 1.55. The van der Waals surface area contributed by atoms with Gasteiger partial charge in [-0.1, -0.05) is 23.4 Å². The van der Waals surface area contributed by atoms with Crippen LogP contribution in [0.5, 0.6) is 5.88 Å². The van der Waals surface area contributed by atoms with Crippen LogP contribution in [0.1, 0.15) is 35.2 Å². The van der Waals surface area contributed by atoms with Gasteiger partial charge in [-0.25, -0.2) is 4.98 Å². The first-order valence-corrected chi connectivity index (χ1v) is 9.92. The summed E-state index contributed by atoms with van der Waals surface area (Å²) < 4.78 is 10.3. The highest BCUT2D eigenvalue weighted by Crippen LogP contribution is 2.32. The number of hydrogen-bond acceptors (Lipinski definition) is 8. The van der Waals surface area contributed by atoms with E-state index in [4.69, 9.17) is 26.2 Å². The van der Waals surface area contributed by atoms with Gasteiger partial charge in [-0.2, -0.15) is 4.98 Å². The number of carboxylic acid groups (broad SMARTS) is 1. The number of rotatable bonds is 8. The number of carbonyl (C=O) groups excluding carboxylic acids is 1. The van der Waals surface area contributed by atoms with Gasteiger partial charge in [0.05, 0.1) is 10.7 Å². The second-order valence-corrected chi connectivity index (χ2v) is 7.49. The molecule has 0 unspecified atom stereocenters. The highest BCUT2D eigenvalue weighted by molar-refractivity contribution is 7.98. The number of hydrogen-bond donors (Lipinski definition) is 1. The smallest absolute Gasteiger partial charge is 0.320 e. The Morgan fingerprint density at radius 1 is 1.29 bits per heavy atom. The zero-order valence-corrected chi connectivity index (χ0v) is 16.7. The summed E-state index contributed by atoms with van der Waals surface area (Å²) in [4.78, 5) is 34.9. The van der Waals surface area contributed by atoms with E-state index in [0.717, 1.165) is 41.6 Å². The Balaban J connectivity index is 1.69. The lowest BCUT2D eigenvalue weighted by molar-refractivity contribution is -0.156. The molecule has 28 heavy (non-hydrogen) atoms. The maximum Gasteiger partial charge on any atom is 0.320 e. The zero-order valence-electron chi connectivity index (χ0n) is 15.1. The SMILES string of the molecule is Cc1cncc(Cl)c1CSc1nc2c(c(OCOC(=O)CC(=O)O)n1)CCC2. The fraction of sp³-hybridized carbons (Fsp3) is 0.389. The number of carboxylic acids is 1. The fourth-order valence-corrected chi connectivity index (χ4v) is 4.09. The van der Waals surface area contributed by atoms with E-state index in [0.29, 0.717) is 21.8 Å². The predicted octanol–water partition coefficient (Wildman–Crippen LogP) is 2.97. The Bertz CT molecular complexity index is 889. The average molecular weight is 424 g/mol. The number of thioether (sulfide) groups is 1. The summed E-state index contributed by atoms with van der Waals surface area (Å²) in [6, 6.07) is 0. The molecule has 0 aliphatic heterocycles. The highest BCUT2D eigenvalue weighted by Gasteiger charge is 2.21. The summed E-state index contributed by atoms with van der Waals surface area (Å²) in [7, 11) is 0. The van der Waals surface area contributed by atoms with Crippen LogP contribution in [0.3, 0.4) is 0 Å². The first-order chi connectivity index (χ1) is 13.4. The van der Waals surface area contributed by atoms with E-state index in [-0.39, 0.29) is 0 Å². The normalized spacial score (nSPS) is 12.5. The molecule has 0 radical (unpaired) electrons. The van der Waals surface area contributed by atoms with Crippen molar-refractivity contribution in [1.82, 2.24) is 15.0 Å². The third-order valence-electron chi connectivity index (χ3n) is 4.15. The lowest BCUT2D eigenvalue weighted by Gasteiger charge is -2.12. The molecule has 0 atom stereocenters. The van der Waals surface area contributed by atoms with Gasteiger partial charge < -0.3 is 14.6 Å². The Hall–Kier alpha value is -2.39. The van der Waals surface area contributed by atoms with Gasteiger partial charge in [0.15, 0.2) is 5.16 Å². The van der Waals surface area contributed by atoms with E-state index in [1.165, 1.54) is 11.8 Å². The number of aromatic nitrogens is 3. The Morgan fingerprint density at radius 3 is 2.86 bits per heavy atom. The zero-order chi connectivity index (χ0) is 20.1. The minimum atomic E-state index is -1.25. The number of esters is 1. The van der Waals surface area contributed by atoms with E-state index in [1.807, 2.05) is 6.92 Å². The van der Waals surface area contributed by atoms with Crippen molar-refractivity contribution < 1.29 is 24.2 Å². The van der Waals surface area contributed by atoms with Gasteiger partial charge in [0.1, 0.15) is 6.42 Å². The molecular formula is C18H18ClN3O5S. The number of carbonyl (C=O) groups is 2. The van der Waals surface area contributed by atoms with Gasteiger partial charge in [0.25, 0.3) is 0 Å². The molecule has 0 bridgehead atoms. The number of nitrogens with zero attached hydrogens (tertiary/aromatic N) is 3. The van der Waals surface area contributed by atoms with E-state index >= 15 is 0 Å². The lowest BCUT2D eigenvalue weighted by atomic mass is 10.2. The molecule has 0 spiro atoms. The van der Waals surface area contributed by atoms with Crippen molar-refractivity contribution in [3.8, 4) is 5.88 Å². The largest absolute Gasteiger partial charge is 0.481 e. The average Bonchev–Trinajstić information content (AvgIpc) is 3.09. The number of ether oxygens (including phenoxy) is 2. The van der Waals surface area contributed by atoms with Crippen LogP contribution >= 0.6 is 23.4 Å². The van der Waals surface area contributed by atoms with Crippen molar-refractivity contribution in [3.63, 3.8) is 0 Å². The van der Waals surface area contributed by atoms with E-state index in [9.17, 15) is 9.59 Å². The summed E-state index contributed by atoms with van der Waals surface area (Å²) in [5.41, 5.74) is 3.78. The molecule has 0 fully saturated rings. The predicted molar refractivity (Wildman–Crippen MR) is 101 cm³/mol. The quantitative estimate of drug-likeness (QED) is 0.225. The van der Waals surface area contributed by atoms with Crippen molar-refractivity contribution >= 4 is 35.3 Å². The number of fused-ring (bicyclic) bond motifs is 1. The standard InChI is InChI=1S/C18H18ClN3O5S/c1-10-6-20-7-13(19)12(10)8-28-18-21-14-4-2-3-11(14)17(22-18)27-9-26-16(25)5-15(23)24/h6-7H,2-5,8-9H2,1H3,(H,23,24). The van der Waals surface area contributed by atoms with Gasteiger partial charge in [-0.3, -0.25) is 14.6 Å². The molecule has 148 valence electrons. The molecule has 0 saturated heterocycles. The van der Waals surface area contributed by atoms with Crippen LogP contribution in [0, 0.1) is 6.92 Å². The van der Waals surface area contributed by atoms with Crippen LogP contribution in [0.4, 0.5) is 0 Å². The van der Waals surface area contributed by atoms with Crippen molar-refractivity contribution in [1.29, 1.82) is 0 Å². The number of pyridine rings is 1. The summed E-state index contributed by atoms with van der Waals surface area (Å²) in [5.74, 6) is -1.17. The maximum absolute atomic E-state index is 11.3. The lowest BCUT2D eigenvalue weighted by Crippen LogP contribution is -2.15. The fourth-order valence-electron chi connectivity index (χ4n) is 2.76. The molecule has 2 aromatic heterocycles. The van der Waals surface area contributed by atoms with Gasteiger partial charge >= 0.3 is 11.9 Å². The van der Waals surface area contributed by atoms with Crippen molar-refractivity contribution in [2.24, 2.45) is 0 Å². The highest BCUT2D eigenvalue weighted by atomic mass is 35.5. The molecule has 2 aromatic rings. The molecule has 1 N–H and O–H groups in total. The monoisotopic (exact) mass is 423 g/mol. The molecule has 8 nitrogen and oxygen atoms in total. The third kappa shape index (κ3) is 5.11. The van der Waals surface area contributed by atoms with Crippen LogP contribution in [0.15, 0.2) is 17.6 Å². The van der Waals surface area contributed by atoms with E-state index in [2.05, 4.69) is 15.0 Å². The second kappa shape index (κ2) is 9.20. The molecule has 1 aliphatic carbocycles. The third-order valence-corrected chi connectivity index (χ3v) is 5.35. The van der Waals surface area contributed by atoms with Gasteiger partial charge in [0.2, 0.25) is 12.7 Å². The second-order valence-electron chi connectivity index (χ2n) is 6.14. The molecule has 1 aliphatic rings. The summed E-state index contributed by atoms with van der Waals surface area (Å²) in [5, 5.41) is 9.71. The molecule has 0 aromatic carbocycles. The van der Waals surface area contributed by atoms with Crippen LogP contribution < -0.4 is 4.74 Å². The molecular weight excluding hydrogens is 406 g/mol. The van der Waals surface area contributed by atoms with Crippen molar-refractivity contribution in [2.45, 2.75) is 43.5 Å². The topological polar surface area (TPSA) is 112 Å². The molecule has 0 amide bonds. The Morgan fingerprint density at radius 2 is 2.11 bits per heavy atom. The van der Waals surface area contributed by atoms with Gasteiger partial charge in [-0.15, -0.1) is 0 Å². The van der Waals surface area contributed by atoms with Crippen LogP contribution in [0.25, 0.3) is 0 Å². The Kier molecular flexibility index (Phi) is 6.69. The van der Waals surface area contributed by atoms with E-state index < -0.39 is 25.2 Å². The van der Waals surface area contributed by atoms with Crippen LogP contribution in [-0.4, -0.2) is 38.8 Å². The number of aryl methyl sites for hydroxylation is 2. The first kappa shape index (κ1) is 20.3. The number of aliphatic carboxylic acids is 1. The summed E-state index contributed by atoms with van der Waals surface area (Å²) in [6.07, 6.45) is 5.21. The minimum Gasteiger partial charge on any atom is -0.481 e. The van der Waals surface area contributed by atoms with Crippen molar-refractivity contribution in [3.05, 3.63) is 39.8 Å². The summed E-state index contributed by atoms with van der Waals surface area (Å²) >= 11 is 7.65. The van der Waals surface area contributed by atoms with Crippen LogP contribution in [-0.2, 0) is 32.9 Å². The molecule has 10 heteroatoms. The van der Waals surface area contributed by atoms with Gasteiger partial charge in [-0.05, 0) is 37.3 Å². The Labute approximate surface area is 170 Å². The van der Waals surface area contributed by atoms with Gasteiger partial charge in [0, 0.05) is 23.7 Å². The van der Waals surface area contributed by atoms with E-state index in [1.54, 1.807) is 12.4 Å². The minimum absolute atomic E-state index is 0.366.